The van der Waals surface area contributed by atoms with Gasteiger partial charge in [-0.25, -0.2) is 0 Å². The summed E-state index contributed by atoms with van der Waals surface area (Å²) in [5.41, 5.74) is 1.92. The van der Waals surface area contributed by atoms with Crippen molar-refractivity contribution in [1.82, 2.24) is 10.2 Å². The molecule has 1 fully saturated rings. The highest BCUT2D eigenvalue weighted by Crippen LogP contribution is 2.24. The molecule has 1 aliphatic rings. The van der Waals surface area contributed by atoms with Gasteiger partial charge in [-0.15, -0.1) is 0 Å². The van der Waals surface area contributed by atoms with E-state index in [9.17, 15) is 9.59 Å². The van der Waals surface area contributed by atoms with Gasteiger partial charge >= 0.3 is 0 Å². The smallest absolute Gasteiger partial charge is 0.255 e. The van der Waals surface area contributed by atoms with Crippen LogP contribution < -0.4 is 5.32 Å². The first-order chi connectivity index (χ1) is 12.5. The number of hydrogen-bond donors (Lipinski definition) is 1. The summed E-state index contributed by atoms with van der Waals surface area (Å²) in [5.74, 6) is 1.16. The van der Waals surface area contributed by atoms with Crippen molar-refractivity contribution in [2.45, 2.75) is 52.0 Å². The molecule has 1 aliphatic heterocycles. The maximum atomic E-state index is 12.9. The number of amides is 2. The fourth-order valence-electron chi connectivity index (χ4n) is 3.44. The summed E-state index contributed by atoms with van der Waals surface area (Å²) in [6.07, 6.45) is 2.76. The summed E-state index contributed by atoms with van der Waals surface area (Å²) in [5, 5.41) is 6.99. The second-order valence-electron chi connectivity index (χ2n) is 6.87. The van der Waals surface area contributed by atoms with Crippen LogP contribution in [0.5, 0.6) is 0 Å². The number of likely N-dealkylation sites (tertiary alicyclic amines) is 1. The molecule has 2 unspecified atom stereocenters. The number of rotatable bonds is 6. The third-order valence-corrected chi connectivity index (χ3v) is 5.88. The van der Waals surface area contributed by atoms with Crippen molar-refractivity contribution >= 4 is 23.2 Å². The zero-order valence-corrected chi connectivity index (χ0v) is 16.4. The van der Waals surface area contributed by atoms with Crippen molar-refractivity contribution in [3.8, 4) is 0 Å². The molecule has 2 aromatic heterocycles. The van der Waals surface area contributed by atoms with Gasteiger partial charge in [-0.05, 0) is 56.2 Å². The van der Waals surface area contributed by atoms with E-state index in [0.29, 0.717) is 12.3 Å². The summed E-state index contributed by atoms with van der Waals surface area (Å²) in [4.78, 5) is 27.3. The normalized spacial score (nSPS) is 18.1. The Hall–Kier alpha value is -2.08. The predicted octanol–water partition coefficient (Wildman–Crippen LogP) is 3.74. The standard InChI is InChI=1S/C20H26N2O3S/c1-4-15-11-26-12-17(15)20(24)22-9-5-6-16(22)10-21-19(23)14(3)18-8-7-13(2)25-18/h7-8,11-12,14,16H,4-6,9-10H2,1-3H3,(H,21,23). The molecule has 26 heavy (non-hydrogen) atoms. The molecule has 2 aromatic rings. The molecule has 0 radical (unpaired) electrons. The van der Waals surface area contributed by atoms with Crippen LogP contribution in [0.3, 0.4) is 0 Å². The molecule has 0 aromatic carbocycles. The van der Waals surface area contributed by atoms with Crippen LogP contribution in [0.15, 0.2) is 27.3 Å². The van der Waals surface area contributed by atoms with Gasteiger partial charge in [-0.2, -0.15) is 11.3 Å². The van der Waals surface area contributed by atoms with Crippen LogP contribution in [0.1, 0.15) is 60.0 Å². The minimum atomic E-state index is -0.335. The SMILES string of the molecule is CCc1cscc1C(=O)N1CCCC1CNC(=O)C(C)c1ccc(C)o1. The average Bonchev–Trinajstić information content (AvgIpc) is 3.38. The van der Waals surface area contributed by atoms with Gasteiger partial charge in [0.2, 0.25) is 5.91 Å². The molecule has 140 valence electrons. The number of furan rings is 1. The van der Waals surface area contributed by atoms with Crippen LogP contribution in [0, 0.1) is 6.92 Å². The highest BCUT2D eigenvalue weighted by atomic mass is 32.1. The number of hydrogen-bond acceptors (Lipinski definition) is 4. The van der Waals surface area contributed by atoms with Gasteiger partial charge in [0, 0.05) is 24.5 Å². The first-order valence-electron chi connectivity index (χ1n) is 9.21. The number of nitrogens with one attached hydrogen (secondary N) is 1. The van der Waals surface area contributed by atoms with Gasteiger partial charge in [-0.1, -0.05) is 6.92 Å². The molecular weight excluding hydrogens is 348 g/mol. The van der Waals surface area contributed by atoms with E-state index in [4.69, 9.17) is 4.42 Å². The fourth-order valence-corrected chi connectivity index (χ4v) is 4.36. The Morgan fingerprint density at radius 1 is 1.38 bits per heavy atom. The van der Waals surface area contributed by atoms with Crippen LogP contribution in [-0.4, -0.2) is 35.8 Å². The third kappa shape index (κ3) is 3.85. The number of nitrogens with zero attached hydrogens (tertiary/aromatic N) is 1. The number of thiophene rings is 1. The van der Waals surface area contributed by atoms with Crippen molar-refractivity contribution in [2.75, 3.05) is 13.1 Å². The van der Waals surface area contributed by atoms with E-state index in [-0.39, 0.29) is 23.8 Å². The monoisotopic (exact) mass is 374 g/mol. The molecular formula is C20H26N2O3S. The fraction of sp³-hybridized carbons (Fsp3) is 0.500. The quantitative estimate of drug-likeness (QED) is 0.838. The average molecular weight is 375 g/mol. The van der Waals surface area contributed by atoms with E-state index < -0.39 is 0 Å². The molecule has 6 heteroatoms. The molecule has 0 saturated carbocycles. The zero-order valence-electron chi connectivity index (χ0n) is 15.6. The van der Waals surface area contributed by atoms with Crippen LogP contribution in [0.2, 0.25) is 0 Å². The lowest BCUT2D eigenvalue weighted by Crippen LogP contribution is -2.44. The first kappa shape index (κ1) is 18.7. The Morgan fingerprint density at radius 3 is 2.88 bits per heavy atom. The van der Waals surface area contributed by atoms with E-state index in [2.05, 4.69) is 12.2 Å². The minimum Gasteiger partial charge on any atom is -0.466 e. The number of carbonyl (C=O) groups is 2. The van der Waals surface area contributed by atoms with Crippen molar-refractivity contribution in [3.05, 3.63) is 45.5 Å². The van der Waals surface area contributed by atoms with Crippen molar-refractivity contribution in [1.29, 1.82) is 0 Å². The summed E-state index contributed by atoms with van der Waals surface area (Å²) in [7, 11) is 0. The molecule has 2 amide bonds. The van der Waals surface area contributed by atoms with Crippen molar-refractivity contribution < 1.29 is 14.0 Å². The highest BCUT2D eigenvalue weighted by Gasteiger charge is 2.31. The van der Waals surface area contributed by atoms with Crippen LogP contribution in [0.4, 0.5) is 0 Å². The Balaban J connectivity index is 1.60. The Bertz CT molecular complexity index is 780. The lowest BCUT2D eigenvalue weighted by atomic mass is 10.1. The van der Waals surface area contributed by atoms with Gasteiger partial charge in [0.1, 0.15) is 11.5 Å². The second kappa shape index (κ2) is 8.08. The van der Waals surface area contributed by atoms with E-state index in [0.717, 1.165) is 42.7 Å². The number of carbonyl (C=O) groups excluding carboxylic acids is 2. The van der Waals surface area contributed by atoms with Crippen LogP contribution in [0.25, 0.3) is 0 Å². The molecule has 5 nitrogen and oxygen atoms in total. The Morgan fingerprint density at radius 2 is 2.19 bits per heavy atom. The molecule has 0 spiro atoms. The molecule has 2 atom stereocenters. The second-order valence-corrected chi connectivity index (χ2v) is 7.62. The maximum absolute atomic E-state index is 12.9. The van der Waals surface area contributed by atoms with Gasteiger partial charge in [0.05, 0.1) is 11.5 Å². The van der Waals surface area contributed by atoms with E-state index >= 15 is 0 Å². The summed E-state index contributed by atoms with van der Waals surface area (Å²) >= 11 is 1.57. The van der Waals surface area contributed by atoms with E-state index in [1.54, 1.807) is 11.3 Å². The van der Waals surface area contributed by atoms with Gasteiger partial charge in [0.15, 0.2) is 0 Å². The molecule has 0 bridgehead atoms. The van der Waals surface area contributed by atoms with E-state index in [1.165, 1.54) is 0 Å². The third-order valence-electron chi connectivity index (χ3n) is 5.08. The van der Waals surface area contributed by atoms with Crippen LogP contribution >= 0.6 is 11.3 Å². The molecule has 3 rings (SSSR count). The number of aryl methyl sites for hydroxylation is 2. The van der Waals surface area contributed by atoms with Crippen LogP contribution in [-0.2, 0) is 11.2 Å². The summed E-state index contributed by atoms with van der Waals surface area (Å²) < 4.78 is 5.55. The van der Waals surface area contributed by atoms with Crippen molar-refractivity contribution in [3.63, 3.8) is 0 Å². The Labute approximate surface area is 158 Å². The largest absolute Gasteiger partial charge is 0.466 e. The van der Waals surface area contributed by atoms with Gasteiger partial charge in [0.25, 0.3) is 5.91 Å². The summed E-state index contributed by atoms with van der Waals surface area (Å²) in [6, 6.07) is 3.76. The maximum Gasteiger partial charge on any atom is 0.255 e. The minimum absolute atomic E-state index is 0.0570. The lowest BCUT2D eigenvalue weighted by Gasteiger charge is -2.25. The lowest BCUT2D eigenvalue weighted by molar-refractivity contribution is -0.122. The molecule has 3 heterocycles. The predicted molar refractivity (Wildman–Crippen MR) is 103 cm³/mol. The Kier molecular flexibility index (Phi) is 5.81. The molecule has 1 N–H and O–H groups in total. The molecule has 0 aliphatic carbocycles. The molecule has 1 saturated heterocycles. The van der Waals surface area contributed by atoms with Gasteiger partial charge in [-0.3, -0.25) is 9.59 Å². The van der Waals surface area contributed by atoms with E-state index in [1.807, 2.05) is 41.6 Å². The first-order valence-corrected chi connectivity index (χ1v) is 10.2. The topological polar surface area (TPSA) is 62.6 Å². The van der Waals surface area contributed by atoms with Crippen molar-refractivity contribution in [2.24, 2.45) is 0 Å². The zero-order chi connectivity index (χ0) is 18.7. The highest BCUT2D eigenvalue weighted by molar-refractivity contribution is 7.08. The van der Waals surface area contributed by atoms with Gasteiger partial charge < -0.3 is 14.6 Å². The summed E-state index contributed by atoms with van der Waals surface area (Å²) in [6.45, 7) is 7.01.